The Morgan fingerprint density at radius 3 is 3.17 bits per heavy atom. The number of aliphatic hydroxyl groups excluding tert-OH is 1. The molecule has 3 N–H and O–H groups in total. The molecule has 0 unspecified atom stereocenters. The minimum absolute atomic E-state index is 0.0238. The molecule has 0 saturated carbocycles. The lowest BCUT2D eigenvalue weighted by atomic mass is 10.0. The lowest BCUT2D eigenvalue weighted by Gasteiger charge is -2.33. The van der Waals surface area contributed by atoms with E-state index in [0.717, 1.165) is 40.8 Å². The molecule has 0 radical (unpaired) electrons. The van der Waals surface area contributed by atoms with E-state index >= 15 is 0 Å². The molecule has 9 heteroatoms. The summed E-state index contributed by atoms with van der Waals surface area (Å²) in [5.41, 5.74) is 3.34. The van der Waals surface area contributed by atoms with Gasteiger partial charge in [-0.25, -0.2) is 4.98 Å². The highest BCUT2D eigenvalue weighted by atomic mass is 16.3. The molecule has 4 heterocycles. The van der Waals surface area contributed by atoms with Gasteiger partial charge in [-0.05, 0) is 25.0 Å². The predicted octanol–water partition coefficient (Wildman–Crippen LogP) is 1.74. The van der Waals surface area contributed by atoms with Gasteiger partial charge in [-0.3, -0.25) is 9.48 Å². The standard InChI is InChI=1S/C20H23N7O2/c21-6-3-18(29)26-8-1-2-14(13-26)24-19-15-4-7-22-20(15)23-12-16(19)17-5-9-27(25-17)10-11-28/h4-5,7,9,12,14,28H,1-3,8,10-11,13H2,(H2,22,23,24)/t14-/m1/s1. The average molecular weight is 393 g/mol. The Morgan fingerprint density at radius 1 is 1.45 bits per heavy atom. The molecular weight excluding hydrogens is 370 g/mol. The van der Waals surface area contributed by atoms with Gasteiger partial charge in [0.1, 0.15) is 12.1 Å². The van der Waals surface area contributed by atoms with Crippen LogP contribution < -0.4 is 5.32 Å². The van der Waals surface area contributed by atoms with Crippen molar-refractivity contribution in [3.8, 4) is 17.3 Å². The van der Waals surface area contributed by atoms with Crippen LogP contribution in [0.1, 0.15) is 19.3 Å². The first-order valence-electron chi connectivity index (χ1n) is 9.71. The van der Waals surface area contributed by atoms with Crippen LogP contribution in [0.5, 0.6) is 0 Å². The minimum Gasteiger partial charge on any atom is -0.394 e. The van der Waals surface area contributed by atoms with Gasteiger partial charge in [0.25, 0.3) is 0 Å². The number of hydrogen-bond acceptors (Lipinski definition) is 6. The Morgan fingerprint density at radius 2 is 2.34 bits per heavy atom. The van der Waals surface area contributed by atoms with Gasteiger partial charge in [-0.2, -0.15) is 10.4 Å². The van der Waals surface area contributed by atoms with Crippen LogP contribution in [0, 0.1) is 11.3 Å². The number of aromatic amines is 1. The number of rotatable bonds is 6. The number of pyridine rings is 1. The number of nitrogens with one attached hydrogen (secondary N) is 2. The van der Waals surface area contributed by atoms with Crippen LogP contribution in [0.25, 0.3) is 22.3 Å². The van der Waals surface area contributed by atoms with E-state index in [9.17, 15) is 4.79 Å². The number of H-pyrrole nitrogens is 1. The molecule has 9 nitrogen and oxygen atoms in total. The zero-order valence-corrected chi connectivity index (χ0v) is 16.0. The number of carbonyl (C=O) groups is 1. The third-order valence-electron chi connectivity index (χ3n) is 5.19. The molecule has 1 fully saturated rings. The zero-order chi connectivity index (χ0) is 20.2. The lowest BCUT2D eigenvalue weighted by molar-refractivity contribution is -0.131. The molecule has 3 aromatic rings. The summed E-state index contributed by atoms with van der Waals surface area (Å²) in [6, 6.07) is 5.89. The molecule has 0 aromatic carbocycles. The molecule has 1 amide bonds. The van der Waals surface area contributed by atoms with Gasteiger partial charge in [0.15, 0.2) is 0 Å². The molecule has 1 saturated heterocycles. The largest absolute Gasteiger partial charge is 0.394 e. The number of hydrogen-bond donors (Lipinski definition) is 3. The second kappa shape index (κ2) is 8.32. The Bertz CT molecular complexity index is 1050. The normalized spacial score (nSPS) is 16.7. The highest BCUT2D eigenvalue weighted by Crippen LogP contribution is 2.33. The number of fused-ring (bicyclic) bond motifs is 1. The predicted molar refractivity (Wildman–Crippen MR) is 108 cm³/mol. The molecular formula is C20H23N7O2. The maximum Gasteiger partial charge on any atom is 0.236 e. The van der Waals surface area contributed by atoms with E-state index in [4.69, 9.17) is 10.4 Å². The maximum atomic E-state index is 12.1. The fourth-order valence-corrected chi connectivity index (χ4v) is 3.79. The van der Waals surface area contributed by atoms with Crippen molar-refractivity contribution in [2.24, 2.45) is 0 Å². The molecule has 0 aliphatic carbocycles. The third kappa shape index (κ3) is 3.93. The van der Waals surface area contributed by atoms with Gasteiger partial charge >= 0.3 is 0 Å². The zero-order valence-electron chi connectivity index (χ0n) is 16.0. The van der Waals surface area contributed by atoms with E-state index in [-0.39, 0.29) is 25.0 Å². The van der Waals surface area contributed by atoms with Crippen molar-refractivity contribution >= 4 is 22.6 Å². The summed E-state index contributed by atoms with van der Waals surface area (Å²) >= 11 is 0. The van der Waals surface area contributed by atoms with Crippen LogP contribution in [0.2, 0.25) is 0 Å². The summed E-state index contributed by atoms with van der Waals surface area (Å²) in [6.45, 7) is 1.71. The van der Waals surface area contributed by atoms with Crippen LogP contribution in [-0.4, -0.2) is 61.4 Å². The Kier molecular flexibility index (Phi) is 5.44. The Balaban J connectivity index is 1.64. The lowest BCUT2D eigenvalue weighted by Crippen LogP contribution is -2.45. The average Bonchev–Trinajstić information content (AvgIpc) is 3.39. The number of aromatic nitrogens is 4. The summed E-state index contributed by atoms with van der Waals surface area (Å²) in [5.74, 6) is -0.122. The molecule has 0 spiro atoms. The number of likely N-dealkylation sites (tertiary alicyclic amines) is 1. The molecule has 1 atom stereocenters. The Labute approximate surface area is 168 Å². The van der Waals surface area contributed by atoms with Crippen molar-refractivity contribution < 1.29 is 9.90 Å². The van der Waals surface area contributed by atoms with Crippen LogP contribution in [0.4, 0.5) is 5.69 Å². The monoisotopic (exact) mass is 393 g/mol. The number of nitriles is 1. The number of piperidine rings is 1. The number of amides is 1. The van der Waals surface area contributed by atoms with E-state index in [1.165, 1.54) is 0 Å². The fraction of sp³-hybridized carbons (Fsp3) is 0.400. The van der Waals surface area contributed by atoms with E-state index in [2.05, 4.69) is 20.4 Å². The van der Waals surface area contributed by atoms with Crippen molar-refractivity contribution in [2.75, 3.05) is 25.0 Å². The molecule has 150 valence electrons. The highest BCUT2D eigenvalue weighted by molar-refractivity contribution is 5.97. The summed E-state index contributed by atoms with van der Waals surface area (Å²) in [5, 5.41) is 27.1. The first kappa shape index (κ1) is 19.0. The van der Waals surface area contributed by atoms with Gasteiger partial charge in [0.2, 0.25) is 5.91 Å². The number of nitrogens with zero attached hydrogens (tertiary/aromatic N) is 5. The number of aliphatic hydroxyl groups is 1. The van der Waals surface area contributed by atoms with Crippen molar-refractivity contribution in [2.45, 2.75) is 31.8 Å². The number of anilines is 1. The van der Waals surface area contributed by atoms with Gasteiger partial charge in [-0.1, -0.05) is 0 Å². The van der Waals surface area contributed by atoms with E-state index in [1.807, 2.05) is 30.6 Å². The van der Waals surface area contributed by atoms with Gasteiger partial charge in [-0.15, -0.1) is 0 Å². The van der Waals surface area contributed by atoms with Crippen LogP contribution in [0.15, 0.2) is 30.7 Å². The highest BCUT2D eigenvalue weighted by Gasteiger charge is 2.25. The van der Waals surface area contributed by atoms with Crippen molar-refractivity contribution in [1.29, 1.82) is 5.26 Å². The minimum atomic E-state index is -0.122. The SMILES string of the molecule is N#CCC(=O)N1CCC[C@@H](Nc2c(-c3ccn(CCO)n3)cnc3[nH]ccc23)C1. The van der Waals surface area contributed by atoms with Crippen molar-refractivity contribution in [1.82, 2.24) is 24.6 Å². The Hall–Kier alpha value is -3.38. The first-order chi connectivity index (χ1) is 14.2. The third-order valence-corrected chi connectivity index (χ3v) is 5.19. The second-order valence-corrected chi connectivity index (χ2v) is 7.13. The maximum absolute atomic E-state index is 12.1. The molecule has 1 aliphatic rings. The van der Waals surface area contributed by atoms with E-state index in [1.54, 1.807) is 15.8 Å². The fourth-order valence-electron chi connectivity index (χ4n) is 3.79. The number of carbonyl (C=O) groups excluding carboxylic acids is 1. The summed E-state index contributed by atoms with van der Waals surface area (Å²) < 4.78 is 1.70. The first-order valence-corrected chi connectivity index (χ1v) is 9.71. The molecule has 4 rings (SSSR count). The van der Waals surface area contributed by atoms with Crippen LogP contribution in [-0.2, 0) is 11.3 Å². The van der Waals surface area contributed by atoms with Gasteiger partial charge in [0, 0.05) is 48.7 Å². The van der Waals surface area contributed by atoms with Crippen molar-refractivity contribution in [3.63, 3.8) is 0 Å². The smallest absolute Gasteiger partial charge is 0.236 e. The van der Waals surface area contributed by atoms with Gasteiger partial charge < -0.3 is 20.3 Å². The molecule has 1 aliphatic heterocycles. The van der Waals surface area contributed by atoms with Gasteiger partial charge in [0.05, 0.1) is 30.6 Å². The second-order valence-electron chi connectivity index (χ2n) is 7.13. The topological polar surface area (TPSA) is 123 Å². The molecule has 3 aromatic heterocycles. The quantitative estimate of drug-likeness (QED) is 0.586. The summed E-state index contributed by atoms with van der Waals surface area (Å²) in [6.07, 6.45) is 7.20. The summed E-state index contributed by atoms with van der Waals surface area (Å²) in [7, 11) is 0. The van der Waals surface area contributed by atoms with E-state index < -0.39 is 0 Å². The van der Waals surface area contributed by atoms with E-state index in [0.29, 0.717) is 19.6 Å². The van der Waals surface area contributed by atoms with Crippen LogP contribution >= 0.6 is 0 Å². The van der Waals surface area contributed by atoms with Crippen molar-refractivity contribution in [3.05, 3.63) is 30.7 Å². The summed E-state index contributed by atoms with van der Waals surface area (Å²) in [4.78, 5) is 21.5. The molecule has 29 heavy (non-hydrogen) atoms. The molecule has 0 bridgehead atoms. The van der Waals surface area contributed by atoms with Crippen LogP contribution in [0.3, 0.4) is 0 Å².